The van der Waals surface area contributed by atoms with Crippen LogP contribution in [0.2, 0.25) is 0 Å². The highest BCUT2D eigenvalue weighted by Crippen LogP contribution is 2.35. The van der Waals surface area contributed by atoms with Gasteiger partial charge in [-0.2, -0.15) is 0 Å². The summed E-state index contributed by atoms with van der Waals surface area (Å²) in [6, 6.07) is 3.48. The van der Waals surface area contributed by atoms with Gasteiger partial charge in [-0.3, -0.25) is 19.7 Å². The summed E-state index contributed by atoms with van der Waals surface area (Å²) in [7, 11) is 0. The van der Waals surface area contributed by atoms with E-state index in [2.05, 4.69) is 50.5 Å². The first-order chi connectivity index (χ1) is 18.6. The van der Waals surface area contributed by atoms with Gasteiger partial charge in [0.15, 0.2) is 21.9 Å². The summed E-state index contributed by atoms with van der Waals surface area (Å²) in [5, 5.41) is 9.23. The van der Waals surface area contributed by atoms with Gasteiger partial charge in [-0.25, -0.2) is 29.7 Å². The standard InChI is InChI=1S/C16H13N7OS2.C7H6N4O/c1-10-13(26-15(19-10)22-16(24)23-6-5-18-9-23)12-8-25-14(21-12)20-11-3-2-4-17-7-11;12-5(6-8-1-2-9-6)7-10-3-4-11-7/h2-9H,1H3,(H,20,21)(H,19,22,24);1-4H,(H,8,9)(H,10,11). The second-order valence-corrected chi connectivity index (χ2v) is 9.30. The quantitative estimate of drug-likeness (QED) is 0.222. The maximum Gasteiger partial charge on any atom is 0.333 e. The number of thiazole rings is 2. The lowest BCUT2D eigenvalue weighted by Gasteiger charge is -2.00. The van der Waals surface area contributed by atoms with Crippen LogP contribution in [-0.4, -0.2) is 56.3 Å². The second-order valence-electron chi connectivity index (χ2n) is 7.44. The minimum Gasteiger partial charge on any atom is -0.342 e. The van der Waals surface area contributed by atoms with Gasteiger partial charge in [0.1, 0.15) is 6.33 Å². The summed E-state index contributed by atoms with van der Waals surface area (Å²) >= 11 is 2.88. The van der Waals surface area contributed by atoms with Gasteiger partial charge in [-0.05, 0) is 19.1 Å². The summed E-state index contributed by atoms with van der Waals surface area (Å²) in [4.78, 5) is 54.4. The van der Waals surface area contributed by atoms with Crippen LogP contribution in [0.5, 0.6) is 0 Å². The molecule has 0 aliphatic carbocycles. The van der Waals surface area contributed by atoms with Gasteiger partial charge in [0, 0.05) is 48.8 Å². The molecule has 0 aliphatic rings. The molecule has 0 bridgehead atoms. The molecule has 0 aliphatic heterocycles. The van der Waals surface area contributed by atoms with Crippen molar-refractivity contribution in [1.29, 1.82) is 0 Å². The second kappa shape index (κ2) is 11.4. The molecule has 0 saturated heterocycles. The molecule has 0 radical (unpaired) electrons. The van der Waals surface area contributed by atoms with Crippen molar-refractivity contribution in [2.75, 3.05) is 10.6 Å². The molecule has 6 rings (SSSR count). The van der Waals surface area contributed by atoms with Crippen LogP contribution in [0.25, 0.3) is 10.6 Å². The minimum atomic E-state index is -0.306. The molecule has 6 aromatic rings. The van der Waals surface area contributed by atoms with Gasteiger partial charge >= 0.3 is 6.03 Å². The molecule has 0 saturated carbocycles. The van der Waals surface area contributed by atoms with Crippen molar-refractivity contribution in [3.8, 4) is 10.6 Å². The first-order valence-electron chi connectivity index (χ1n) is 11.0. The lowest BCUT2D eigenvalue weighted by atomic mass is 10.3. The first-order valence-corrected chi connectivity index (χ1v) is 12.7. The van der Waals surface area contributed by atoms with E-state index in [1.165, 1.54) is 46.0 Å². The van der Waals surface area contributed by atoms with E-state index < -0.39 is 0 Å². The topological polar surface area (TPSA) is 172 Å². The molecular weight excluding hydrogens is 526 g/mol. The van der Waals surface area contributed by atoms with Crippen LogP contribution < -0.4 is 10.6 Å². The van der Waals surface area contributed by atoms with Crippen LogP contribution in [-0.2, 0) is 0 Å². The van der Waals surface area contributed by atoms with Crippen LogP contribution >= 0.6 is 22.7 Å². The molecule has 0 unspecified atom stereocenters. The highest BCUT2D eigenvalue weighted by Gasteiger charge is 2.15. The Morgan fingerprint density at radius 2 is 1.76 bits per heavy atom. The van der Waals surface area contributed by atoms with Crippen LogP contribution in [0.15, 0.2) is 73.4 Å². The average molecular weight is 546 g/mol. The number of carbonyl (C=O) groups excluding carboxylic acids is 2. The number of ketones is 1. The Balaban J connectivity index is 0.000000204. The number of aromatic nitrogens is 9. The molecule has 0 aromatic carbocycles. The predicted molar refractivity (Wildman–Crippen MR) is 143 cm³/mol. The number of aromatic amines is 2. The number of amides is 1. The van der Waals surface area contributed by atoms with Gasteiger partial charge in [-0.15, -0.1) is 11.3 Å². The van der Waals surface area contributed by atoms with Gasteiger partial charge in [0.2, 0.25) is 0 Å². The molecule has 0 fully saturated rings. The van der Waals surface area contributed by atoms with Crippen LogP contribution in [0, 0.1) is 6.92 Å². The van der Waals surface area contributed by atoms with E-state index in [-0.39, 0.29) is 11.8 Å². The number of imidazole rings is 3. The van der Waals surface area contributed by atoms with Crippen molar-refractivity contribution in [1.82, 2.24) is 44.4 Å². The lowest BCUT2D eigenvalue weighted by Crippen LogP contribution is -2.17. The number of carbonyl (C=O) groups is 2. The predicted octanol–water partition coefficient (Wildman–Crippen LogP) is 4.35. The van der Waals surface area contributed by atoms with Crippen molar-refractivity contribution >= 4 is 50.4 Å². The summed E-state index contributed by atoms with van der Waals surface area (Å²) in [6.07, 6.45) is 14.3. The van der Waals surface area contributed by atoms with Crippen molar-refractivity contribution in [3.05, 3.63) is 90.8 Å². The maximum absolute atomic E-state index is 12.1. The van der Waals surface area contributed by atoms with E-state index in [0.717, 1.165) is 27.1 Å². The Bertz CT molecular complexity index is 1570. The normalized spacial score (nSPS) is 10.4. The molecule has 6 aromatic heterocycles. The van der Waals surface area contributed by atoms with Crippen LogP contribution in [0.3, 0.4) is 0 Å². The number of H-pyrrole nitrogens is 2. The summed E-state index contributed by atoms with van der Waals surface area (Å²) in [5.41, 5.74) is 2.51. The van der Waals surface area contributed by atoms with Crippen LogP contribution in [0.4, 0.5) is 20.7 Å². The smallest absolute Gasteiger partial charge is 0.333 e. The van der Waals surface area contributed by atoms with Crippen molar-refractivity contribution in [2.24, 2.45) is 0 Å². The van der Waals surface area contributed by atoms with E-state index in [1.54, 1.807) is 37.2 Å². The highest BCUT2D eigenvalue weighted by atomic mass is 32.1. The summed E-state index contributed by atoms with van der Waals surface area (Å²) in [6.45, 7) is 1.90. The highest BCUT2D eigenvalue weighted by molar-refractivity contribution is 7.20. The average Bonchev–Trinajstić information content (AvgIpc) is 3.74. The number of nitrogens with zero attached hydrogens (tertiary/aromatic N) is 7. The van der Waals surface area contributed by atoms with Crippen LogP contribution in [0.1, 0.15) is 22.1 Å². The monoisotopic (exact) mass is 545 g/mol. The maximum atomic E-state index is 12.1. The zero-order chi connectivity index (χ0) is 26.3. The van der Waals surface area contributed by atoms with Gasteiger partial charge in [0.05, 0.1) is 28.1 Å². The van der Waals surface area contributed by atoms with E-state index in [0.29, 0.717) is 16.8 Å². The van der Waals surface area contributed by atoms with E-state index in [4.69, 9.17) is 0 Å². The molecule has 38 heavy (non-hydrogen) atoms. The number of nitrogens with one attached hydrogen (secondary N) is 4. The summed E-state index contributed by atoms with van der Waals surface area (Å²) in [5.74, 6) is 0.361. The fourth-order valence-corrected chi connectivity index (χ4v) is 4.82. The fourth-order valence-electron chi connectivity index (χ4n) is 3.11. The lowest BCUT2D eigenvalue weighted by molar-refractivity contribution is 0.102. The summed E-state index contributed by atoms with van der Waals surface area (Å²) < 4.78 is 1.36. The Labute approximate surface area is 223 Å². The molecule has 6 heterocycles. The van der Waals surface area contributed by atoms with Crippen molar-refractivity contribution in [2.45, 2.75) is 6.92 Å². The number of hydrogen-bond donors (Lipinski definition) is 4. The van der Waals surface area contributed by atoms with Crippen molar-refractivity contribution < 1.29 is 9.59 Å². The number of aryl methyl sites for hydroxylation is 1. The minimum absolute atomic E-state index is 0.231. The number of rotatable bonds is 6. The Morgan fingerprint density at radius 1 is 0.974 bits per heavy atom. The molecule has 0 spiro atoms. The van der Waals surface area contributed by atoms with E-state index >= 15 is 0 Å². The zero-order valence-corrected chi connectivity index (χ0v) is 21.3. The zero-order valence-electron chi connectivity index (χ0n) is 19.7. The third-order valence-electron chi connectivity index (χ3n) is 4.83. The van der Waals surface area contributed by atoms with Gasteiger partial charge in [0.25, 0.3) is 5.78 Å². The van der Waals surface area contributed by atoms with E-state index in [1.807, 2.05) is 24.4 Å². The largest absolute Gasteiger partial charge is 0.342 e. The number of pyridine rings is 1. The molecule has 1 amide bonds. The molecule has 190 valence electrons. The first kappa shape index (κ1) is 24.7. The third-order valence-corrected chi connectivity index (χ3v) is 6.68. The molecule has 0 atom stereocenters. The Kier molecular flexibility index (Phi) is 7.37. The molecule has 15 heteroatoms. The van der Waals surface area contributed by atoms with Gasteiger partial charge < -0.3 is 15.3 Å². The molecule has 13 nitrogen and oxygen atoms in total. The Morgan fingerprint density at radius 3 is 2.39 bits per heavy atom. The van der Waals surface area contributed by atoms with Crippen molar-refractivity contribution in [3.63, 3.8) is 0 Å². The van der Waals surface area contributed by atoms with Gasteiger partial charge in [-0.1, -0.05) is 11.3 Å². The van der Waals surface area contributed by atoms with E-state index in [9.17, 15) is 9.59 Å². The molecule has 4 N–H and O–H groups in total. The SMILES string of the molecule is Cc1nc(NC(=O)n2ccnc2)sc1-c1csc(Nc2cccnc2)n1.O=C(c1ncc[nH]1)c1ncc[nH]1. The third kappa shape index (κ3) is 5.85. The molecular formula is C23H19N11O2S2. The fraction of sp³-hybridized carbons (Fsp3) is 0.0435. The Hall–Kier alpha value is -5.02. The number of anilines is 3. The number of hydrogen-bond acceptors (Lipinski definition) is 11.